The number of hydrogen-bond donors (Lipinski definition) is 2. The Bertz CT molecular complexity index is 631. The normalized spacial score (nSPS) is 10.8. The van der Waals surface area contributed by atoms with Gasteiger partial charge in [-0.3, -0.25) is 0 Å². The lowest BCUT2D eigenvalue weighted by atomic mass is 10.1. The first kappa shape index (κ1) is 15.2. The number of carbonyl (C=O) groups is 1. The van der Waals surface area contributed by atoms with E-state index in [1.807, 2.05) is 23.1 Å². The Hall–Kier alpha value is -2.21. The predicted octanol–water partition coefficient (Wildman–Crippen LogP) is 1.93. The van der Waals surface area contributed by atoms with Gasteiger partial charge >= 0.3 is 5.97 Å². The second kappa shape index (κ2) is 6.99. The number of aromatic carboxylic acids is 1. The monoisotopic (exact) mass is 289 g/mol. The van der Waals surface area contributed by atoms with Crippen LogP contribution in [0.2, 0.25) is 0 Å². The molecule has 2 rings (SSSR count). The lowest BCUT2D eigenvalue weighted by Crippen LogP contribution is -2.30. The average Bonchev–Trinajstić information content (AvgIpc) is 2.50. The smallest absolute Gasteiger partial charge is 0.358 e. The third kappa shape index (κ3) is 3.28. The summed E-state index contributed by atoms with van der Waals surface area (Å²) in [6, 6.07) is 7.32. The van der Waals surface area contributed by atoms with Crippen LogP contribution in [0.3, 0.4) is 0 Å². The van der Waals surface area contributed by atoms with Crippen LogP contribution >= 0.6 is 0 Å². The highest BCUT2D eigenvalue weighted by Crippen LogP contribution is 2.28. The predicted molar refractivity (Wildman–Crippen MR) is 80.7 cm³/mol. The van der Waals surface area contributed by atoms with Crippen molar-refractivity contribution in [2.45, 2.75) is 19.8 Å². The quantitative estimate of drug-likeness (QED) is 0.810. The van der Waals surface area contributed by atoms with Crippen molar-refractivity contribution in [2.24, 2.45) is 0 Å². The standard InChI is InChI=1S/C15H19N3O3/c1-2-3-8-18(9-10-19)14-11-6-4-5-7-12(11)16-17-13(14)15(20)21/h4-7,19H,2-3,8-10H2,1H3,(H,20,21). The number of rotatable bonds is 7. The van der Waals surface area contributed by atoms with Crippen LogP contribution in [0.25, 0.3) is 10.9 Å². The minimum absolute atomic E-state index is 0.0422. The van der Waals surface area contributed by atoms with E-state index in [0.717, 1.165) is 18.2 Å². The van der Waals surface area contributed by atoms with Gasteiger partial charge in [0.2, 0.25) is 0 Å². The van der Waals surface area contributed by atoms with E-state index in [1.54, 1.807) is 6.07 Å². The van der Waals surface area contributed by atoms with E-state index in [0.29, 0.717) is 24.3 Å². The lowest BCUT2D eigenvalue weighted by molar-refractivity contribution is 0.0690. The van der Waals surface area contributed by atoms with Gasteiger partial charge in [-0.1, -0.05) is 31.5 Å². The highest BCUT2D eigenvalue weighted by atomic mass is 16.4. The fourth-order valence-electron chi connectivity index (χ4n) is 2.31. The molecular weight excluding hydrogens is 270 g/mol. The van der Waals surface area contributed by atoms with Gasteiger partial charge < -0.3 is 15.1 Å². The van der Waals surface area contributed by atoms with E-state index in [2.05, 4.69) is 17.1 Å². The van der Waals surface area contributed by atoms with Gasteiger partial charge in [-0.15, -0.1) is 10.2 Å². The fraction of sp³-hybridized carbons (Fsp3) is 0.400. The van der Waals surface area contributed by atoms with Crippen molar-refractivity contribution in [1.29, 1.82) is 0 Å². The Labute approximate surface area is 123 Å². The van der Waals surface area contributed by atoms with Crippen molar-refractivity contribution in [3.8, 4) is 0 Å². The molecule has 2 N–H and O–H groups in total. The average molecular weight is 289 g/mol. The van der Waals surface area contributed by atoms with Gasteiger partial charge in [-0.25, -0.2) is 4.79 Å². The van der Waals surface area contributed by atoms with Gasteiger partial charge in [-0.2, -0.15) is 0 Å². The third-order valence-electron chi connectivity index (χ3n) is 3.31. The van der Waals surface area contributed by atoms with Crippen molar-refractivity contribution in [3.63, 3.8) is 0 Å². The van der Waals surface area contributed by atoms with E-state index in [1.165, 1.54) is 0 Å². The first-order valence-corrected chi connectivity index (χ1v) is 7.03. The van der Waals surface area contributed by atoms with Gasteiger partial charge in [0.25, 0.3) is 0 Å². The molecule has 0 fully saturated rings. The summed E-state index contributed by atoms with van der Waals surface area (Å²) >= 11 is 0. The number of anilines is 1. The Morgan fingerprint density at radius 1 is 1.24 bits per heavy atom. The minimum Gasteiger partial charge on any atom is -0.476 e. The molecule has 1 heterocycles. The molecule has 21 heavy (non-hydrogen) atoms. The molecule has 0 saturated carbocycles. The van der Waals surface area contributed by atoms with Gasteiger partial charge in [0.15, 0.2) is 5.69 Å². The summed E-state index contributed by atoms with van der Waals surface area (Å²) in [6.45, 7) is 3.07. The highest BCUT2D eigenvalue weighted by Gasteiger charge is 2.21. The van der Waals surface area contributed by atoms with Crippen molar-refractivity contribution in [1.82, 2.24) is 10.2 Å². The van der Waals surface area contributed by atoms with E-state index in [-0.39, 0.29) is 12.3 Å². The number of aliphatic hydroxyl groups is 1. The molecule has 0 bridgehead atoms. The van der Waals surface area contributed by atoms with Crippen LogP contribution in [0.1, 0.15) is 30.3 Å². The van der Waals surface area contributed by atoms with Crippen LogP contribution in [-0.4, -0.2) is 46.1 Å². The Balaban J connectivity index is 2.60. The fourth-order valence-corrected chi connectivity index (χ4v) is 2.31. The molecule has 0 amide bonds. The van der Waals surface area contributed by atoms with Crippen molar-refractivity contribution >= 4 is 22.6 Å². The zero-order valence-corrected chi connectivity index (χ0v) is 12.0. The second-order valence-electron chi connectivity index (χ2n) is 4.78. The molecule has 6 heteroatoms. The van der Waals surface area contributed by atoms with Gasteiger partial charge in [-0.05, 0) is 12.5 Å². The molecule has 0 spiro atoms. The molecule has 0 unspecified atom stereocenters. The summed E-state index contributed by atoms with van der Waals surface area (Å²) in [5, 5.41) is 27.2. The zero-order valence-electron chi connectivity index (χ0n) is 12.0. The molecular formula is C15H19N3O3. The molecule has 6 nitrogen and oxygen atoms in total. The zero-order chi connectivity index (χ0) is 15.2. The van der Waals surface area contributed by atoms with Crippen LogP contribution in [0.5, 0.6) is 0 Å². The third-order valence-corrected chi connectivity index (χ3v) is 3.31. The number of aliphatic hydroxyl groups excluding tert-OH is 1. The number of carboxylic acid groups (broad SMARTS) is 1. The van der Waals surface area contributed by atoms with Crippen LogP contribution < -0.4 is 4.90 Å². The molecule has 1 aromatic heterocycles. The molecule has 0 aliphatic heterocycles. The topological polar surface area (TPSA) is 86.5 Å². The molecule has 0 atom stereocenters. The van der Waals surface area contributed by atoms with Crippen LogP contribution in [0.4, 0.5) is 5.69 Å². The molecule has 2 aromatic rings. The summed E-state index contributed by atoms with van der Waals surface area (Å²) < 4.78 is 0. The van der Waals surface area contributed by atoms with Gasteiger partial charge in [0, 0.05) is 18.5 Å². The number of carboxylic acids is 1. The number of hydrogen-bond acceptors (Lipinski definition) is 5. The molecule has 0 saturated heterocycles. The molecule has 112 valence electrons. The van der Waals surface area contributed by atoms with E-state index in [4.69, 9.17) is 0 Å². The minimum atomic E-state index is -1.11. The van der Waals surface area contributed by atoms with Crippen molar-refractivity contribution in [2.75, 3.05) is 24.6 Å². The molecule has 0 radical (unpaired) electrons. The van der Waals surface area contributed by atoms with Gasteiger partial charge in [0.1, 0.15) is 0 Å². The molecule has 1 aromatic carbocycles. The Morgan fingerprint density at radius 3 is 2.67 bits per heavy atom. The molecule has 0 aliphatic carbocycles. The molecule has 0 aliphatic rings. The van der Waals surface area contributed by atoms with Crippen molar-refractivity contribution < 1.29 is 15.0 Å². The van der Waals surface area contributed by atoms with E-state index >= 15 is 0 Å². The Morgan fingerprint density at radius 2 is 2.00 bits per heavy atom. The largest absolute Gasteiger partial charge is 0.476 e. The summed E-state index contributed by atoms with van der Waals surface area (Å²) in [5.41, 5.74) is 1.12. The SMILES string of the molecule is CCCCN(CCO)c1c(C(=O)O)nnc2ccccc12. The summed E-state index contributed by atoms with van der Waals surface area (Å²) in [6.07, 6.45) is 1.90. The maximum Gasteiger partial charge on any atom is 0.358 e. The number of benzene rings is 1. The second-order valence-corrected chi connectivity index (χ2v) is 4.78. The first-order valence-electron chi connectivity index (χ1n) is 7.03. The van der Waals surface area contributed by atoms with Crippen molar-refractivity contribution in [3.05, 3.63) is 30.0 Å². The Kier molecular flexibility index (Phi) is 5.05. The van der Waals surface area contributed by atoms with Crippen LogP contribution in [0, 0.1) is 0 Å². The number of fused-ring (bicyclic) bond motifs is 1. The maximum atomic E-state index is 11.5. The number of nitrogens with zero attached hydrogens (tertiary/aromatic N) is 3. The summed E-state index contributed by atoms with van der Waals surface area (Å²) in [5.74, 6) is -1.11. The number of aromatic nitrogens is 2. The van der Waals surface area contributed by atoms with E-state index in [9.17, 15) is 15.0 Å². The number of unbranched alkanes of at least 4 members (excludes halogenated alkanes) is 1. The van der Waals surface area contributed by atoms with Crippen LogP contribution in [0.15, 0.2) is 24.3 Å². The van der Waals surface area contributed by atoms with Crippen LogP contribution in [-0.2, 0) is 0 Å². The maximum absolute atomic E-state index is 11.5. The first-order chi connectivity index (χ1) is 10.2. The van der Waals surface area contributed by atoms with E-state index < -0.39 is 5.97 Å². The summed E-state index contributed by atoms with van der Waals surface area (Å²) in [4.78, 5) is 13.3. The summed E-state index contributed by atoms with van der Waals surface area (Å²) in [7, 11) is 0. The lowest BCUT2D eigenvalue weighted by Gasteiger charge is -2.25. The highest BCUT2D eigenvalue weighted by molar-refractivity contribution is 6.02. The van der Waals surface area contributed by atoms with Gasteiger partial charge in [0.05, 0.1) is 17.8 Å².